The highest BCUT2D eigenvalue weighted by Gasteiger charge is 2.03. The summed E-state index contributed by atoms with van der Waals surface area (Å²) in [6.45, 7) is 1.94. The lowest BCUT2D eigenvalue weighted by molar-refractivity contribution is 0.491. The number of aliphatic imine (C=N–C) groups is 2. The highest BCUT2D eigenvalue weighted by atomic mass is 16.3. The fourth-order valence-electron chi connectivity index (χ4n) is 1.26. The molecule has 1 heterocycles. The molecule has 0 fully saturated rings. The van der Waals surface area contributed by atoms with Crippen LogP contribution in [0.4, 0.5) is 0 Å². The zero-order valence-electron chi connectivity index (χ0n) is 9.26. The molecule has 0 amide bonds. The number of nitrogens with two attached hydrogens (primary N) is 3. The van der Waals surface area contributed by atoms with Crippen LogP contribution >= 0.6 is 0 Å². The van der Waals surface area contributed by atoms with Gasteiger partial charge in [0, 0.05) is 6.42 Å². The first-order valence-corrected chi connectivity index (χ1v) is 5.03. The maximum atomic E-state index is 5.50. The first kappa shape index (κ1) is 12.1. The van der Waals surface area contributed by atoms with Gasteiger partial charge in [-0.25, -0.2) is 4.99 Å². The van der Waals surface area contributed by atoms with Crippen LogP contribution in [-0.2, 0) is 6.42 Å². The molecule has 0 aliphatic heterocycles. The Balaban J connectivity index is 2.41. The maximum absolute atomic E-state index is 5.50. The SMILES string of the molecule is CC(CCc1ccco1)N=C(N)N=C(N)N. The summed E-state index contributed by atoms with van der Waals surface area (Å²) in [5, 5.41) is 0. The third-order valence-electron chi connectivity index (χ3n) is 1.98. The van der Waals surface area contributed by atoms with Crippen LogP contribution in [0.3, 0.4) is 0 Å². The molecule has 6 nitrogen and oxygen atoms in total. The largest absolute Gasteiger partial charge is 0.469 e. The summed E-state index contributed by atoms with van der Waals surface area (Å²) in [5.74, 6) is 0.953. The Labute approximate surface area is 94.2 Å². The highest BCUT2D eigenvalue weighted by Crippen LogP contribution is 2.07. The van der Waals surface area contributed by atoms with E-state index < -0.39 is 0 Å². The molecule has 0 aromatic carbocycles. The Morgan fingerprint density at radius 3 is 2.75 bits per heavy atom. The van der Waals surface area contributed by atoms with E-state index in [0.717, 1.165) is 18.6 Å². The molecule has 16 heavy (non-hydrogen) atoms. The van der Waals surface area contributed by atoms with Crippen LogP contribution in [0, 0.1) is 0 Å². The van der Waals surface area contributed by atoms with Gasteiger partial charge in [-0.2, -0.15) is 4.99 Å². The van der Waals surface area contributed by atoms with Crippen molar-refractivity contribution in [3.05, 3.63) is 24.2 Å². The lowest BCUT2D eigenvalue weighted by Gasteiger charge is -2.04. The third kappa shape index (κ3) is 4.50. The molecule has 1 aromatic heterocycles. The quantitative estimate of drug-likeness (QED) is 0.499. The molecule has 0 saturated carbocycles. The van der Waals surface area contributed by atoms with Gasteiger partial charge in [-0.05, 0) is 25.5 Å². The minimum absolute atomic E-state index is 0.0493. The van der Waals surface area contributed by atoms with Crippen molar-refractivity contribution >= 4 is 11.9 Å². The lowest BCUT2D eigenvalue weighted by atomic mass is 10.1. The van der Waals surface area contributed by atoms with Gasteiger partial charge in [0.1, 0.15) is 5.76 Å². The third-order valence-corrected chi connectivity index (χ3v) is 1.98. The molecule has 1 rings (SSSR count). The molecule has 0 bridgehead atoms. The summed E-state index contributed by atoms with van der Waals surface area (Å²) in [6.07, 6.45) is 3.29. The van der Waals surface area contributed by atoms with Crippen molar-refractivity contribution in [2.75, 3.05) is 0 Å². The van der Waals surface area contributed by atoms with E-state index >= 15 is 0 Å². The molecule has 0 radical (unpaired) electrons. The van der Waals surface area contributed by atoms with Crippen LogP contribution in [0.5, 0.6) is 0 Å². The van der Waals surface area contributed by atoms with E-state index in [2.05, 4.69) is 9.98 Å². The van der Waals surface area contributed by atoms with E-state index in [-0.39, 0.29) is 18.0 Å². The lowest BCUT2D eigenvalue weighted by Crippen LogP contribution is -2.27. The van der Waals surface area contributed by atoms with Crippen LogP contribution in [0.2, 0.25) is 0 Å². The highest BCUT2D eigenvalue weighted by molar-refractivity contribution is 5.92. The Morgan fingerprint density at radius 2 is 2.19 bits per heavy atom. The Bertz CT molecular complexity index is 365. The van der Waals surface area contributed by atoms with E-state index in [1.54, 1.807) is 6.26 Å². The standard InChI is InChI=1S/C10H17N5O/c1-7(14-10(13)15-9(11)12)4-5-8-3-2-6-16-8/h2-3,6-7H,4-5H2,1H3,(H6,11,12,13,14,15). The normalized spacial score (nSPS) is 13.4. The fraction of sp³-hybridized carbons (Fsp3) is 0.400. The van der Waals surface area contributed by atoms with Gasteiger partial charge in [-0.1, -0.05) is 0 Å². The van der Waals surface area contributed by atoms with E-state index in [1.165, 1.54) is 0 Å². The number of guanidine groups is 2. The van der Waals surface area contributed by atoms with Crippen LogP contribution in [0.1, 0.15) is 19.1 Å². The second-order valence-electron chi connectivity index (χ2n) is 3.49. The first-order valence-electron chi connectivity index (χ1n) is 5.03. The number of nitrogens with zero attached hydrogens (tertiary/aromatic N) is 2. The zero-order chi connectivity index (χ0) is 12.0. The van der Waals surface area contributed by atoms with Gasteiger partial charge in [0.05, 0.1) is 12.3 Å². The predicted molar refractivity (Wildman–Crippen MR) is 63.9 cm³/mol. The van der Waals surface area contributed by atoms with Crippen molar-refractivity contribution in [3.8, 4) is 0 Å². The summed E-state index contributed by atoms with van der Waals surface area (Å²) in [6, 6.07) is 3.83. The minimum atomic E-state index is -0.0838. The van der Waals surface area contributed by atoms with Crippen LogP contribution in [0.25, 0.3) is 0 Å². The van der Waals surface area contributed by atoms with E-state index in [4.69, 9.17) is 21.6 Å². The van der Waals surface area contributed by atoms with Crippen LogP contribution in [0.15, 0.2) is 32.8 Å². The number of aryl methyl sites for hydroxylation is 1. The Hall–Kier alpha value is -1.98. The van der Waals surface area contributed by atoms with Gasteiger partial charge in [0.2, 0.25) is 5.96 Å². The number of hydrogen-bond acceptors (Lipinski definition) is 2. The number of hydrogen-bond donors (Lipinski definition) is 3. The molecule has 1 atom stereocenters. The van der Waals surface area contributed by atoms with Gasteiger partial charge in [0.25, 0.3) is 0 Å². The summed E-state index contributed by atoms with van der Waals surface area (Å²) in [4.78, 5) is 7.76. The van der Waals surface area contributed by atoms with Crippen molar-refractivity contribution < 1.29 is 4.42 Å². The Kier molecular flexibility index (Phi) is 4.38. The van der Waals surface area contributed by atoms with Gasteiger partial charge in [-0.3, -0.25) is 0 Å². The van der Waals surface area contributed by atoms with Crippen molar-refractivity contribution in [1.29, 1.82) is 0 Å². The predicted octanol–water partition coefficient (Wildman–Crippen LogP) is 0.189. The van der Waals surface area contributed by atoms with Gasteiger partial charge < -0.3 is 21.6 Å². The summed E-state index contributed by atoms with van der Waals surface area (Å²) >= 11 is 0. The van der Waals surface area contributed by atoms with Gasteiger partial charge >= 0.3 is 0 Å². The van der Waals surface area contributed by atoms with Crippen molar-refractivity contribution in [2.45, 2.75) is 25.8 Å². The summed E-state index contributed by atoms with van der Waals surface area (Å²) in [5.41, 5.74) is 15.8. The fourth-order valence-corrected chi connectivity index (χ4v) is 1.26. The van der Waals surface area contributed by atoms with Gasteiger partial charge in [-0.15, -0.1) is 0 Å². The van der Waals surface area contributed by atoms with E-state index in [9.17, 15) is 0 Å². The second kappa shape index (κ2) is 5.79. The summed E-state index contributed by atoms with van der Waals surface area (Å²) < 4.78 is 5.21. The Morgan fingerprint density at radius 1 is 1.44 bits per heavy atom. The molecular formula is C10H17N5O. The smallest absolute Gasteiger partial charge is 0.218 e. The topological polar surface area (TPSA) is 116 Å². The molecule has 88 valence electrons. The van der Waals surface area contributed by atoms with E-state index in [0.29, 0.717) is 0 Å². The number of rotatable bonds is 4. The minimum Gasteiger partial charge on any atom is -0.469 e. The van der Waals surface area contributed by atoms with Crippen LogP contribution < -0.4 is 17.2 Å². The maximum Gasteiger partial charge on any atom is 0.218 e. The zero-order valence-corrected chi connectivity index (χ0v) is 9.26. The second-order valence-corrected chi connectivity index (χ2v) is 3.49. The monoisotopic (exact) mass is 223 g/mol. The molecule has 0 aliphatic carbocycles. The summed E-state index contributed by atoms with van der Waals surface area (Å²) in [7, 11) is 0. The molecule has 6 heteroatoms. The van der Waals surface area contributed by atoms with Crippen LogP contribution in [-0.4, -0.2) is 18.0 Å². The number of furan rings is 1. The molecule has 6 N–H and O–H groups in total. The van der Waals surface area contributed by atoms with Gasteiger partial charge in [0.15, 0.2) is 5.96 Å². The molecule has 0 aliphatic rings. The molecule has 0 spiro atoms. The van der Waals surface area contributed by atoms with Crippen molar-refractivity contribution in [2.24, 2.45) is 27.2 Å². The average molecular weight is 223 g/mol. The van der Waals surface area contributed by atoms with Crippen molar-refractivity contribution in [3.63, 3.8) is 0 Å². The molecule has 0 saturated heterocycles. The van der Waals surface area contributed by atoms with E-state index in [1.807, 2.05) is 19.1 Å². The average Bonchev–Trinajstić information content (AvgIpc) is 2.65. The first-order chi connectivity index (χ1) is 7.58. The molecule has 1 aromatic rings. The van der Waals surface area contributed by atoms with Crippen molar-refractivity contribution in [1.82, 2.24) is 0 Å². The molecular weight excluding hydrogens is 206 g/mol. The molecule has 1 unspecified atom stereocenters.